The molecular weight excluding hydrogens is 264 g/mol. The van der Waals surface area contributed by atoms with Crippen LogP contribution in [0, 0.1) is 11.6 Å². The largest absolute Gasteiger partial charge is 0.489 e. The fraction of sp³-hybridized carbons (Fsp3) is 0.357. The van der Waals surface area contributed by atoms with Crippen LogP contribution < -0.4 is 15.4 Å². The van der Waals surface area contributed by atoms with Gasteiger partial charge in [-0.25, -0.2) is 13.8 Å². The number of aliphatic imine (C=N–C) groups is 1. The lowest BCUT2D eigenvalue weighted by Crippen LogP contribution is -2.37. The van der Waals surface area contributed by atoms with Gasteiger partial charge in [0.1, 0.15) is 12.4 Å². The van der Waals surface area contributed by atoms with Gasteiger partial charge in [-0.15, -0.1) is 6.58 Å². The molecule has 0 aliphatic carbocycles. The number of guanidine groups is 1. The van der Waals surface area contributed by atoms with Crippen LogP contribution in [0.4, 0.5) is 8.78 Å². The first-order chi connectivity index (χ1) is 9.67. The van der Waals surface area contributed by atoms with E-state index >= 15 is 0 Å². The number of rotatable bonds is 7. The molecule has 0 radical (unpaired) electrons. The van der Waals surface area contributed by atoms with Crippen molar-refractivity contribution in [1.82, 2.24) is 10.6 Å². The summed E-state index contributed by atoms with van der Waals surface area (Å²) in [6.45, 7) is 7.44. The first kappa shape index (κ1) is 15.9. The summed E-state index contributed by atoms with van der Waals surface area (Å²) in [5, 5.41) is 6.08. The molecule has 0 spiro atoms. The van der Waals surface area contributed by atoms with Crippen LogP contribution in [0.1, 0.15) is 6.92 Å². The molecule has 0 amide bonds. The van der Waals surface area contributed by atoms with Crippen molar-refractivity contribution in [3.05, 3.63) is 42.5 Å². The van der Waals surface area contributed by atoms with Crippen LogP contribution >= 0.6 is 0 Å². The zero-order valence-corrected chi connectivity index (χ0v) is 11.5. The minimum Gasteiger partial charge on any atom is -0.489 e. The fourth-order valence-electron chi connectivity index (χ4n) is 1.42. The van der Waals surface area contributed by atoms with E-state index in [0.29, 0.717) is 19.0 Å². The van der Waals surface area contributed by atoms with Gasteiger partial charge in [0, 0.05) is 19.2 Å². The maximum atomic E-state index is 13.3. The van der Waals surface area contributed by atoms with E-state index < -0.39 is 11.6 Å². The summed E-state index contributed by atoms with van der Waals surface area (Å²) in [6, 6.07) is 3.20. The molecule has 0 unspecified atom stereocenters. The van der Waals surface area contributed by atoms with Crippen molar-refractivity contribution < 1.29 is 13.5 Å². The van der Waals surface area contributed by atoms with Crippen molar-refractivity contribution in [3.8, 4) is 5.75 Å². The van der Waals surface area contributed by atoms with E-state index in [1.807, 2.05) is 6.92 Å². The molecular formula is C14H19F2N3O. The van der Waals surface area contributed by atoms with Gasteiger partial charge in [-0.2, -0.15) is 0 Å². The standard InChI is InChI=1S/C14H19F2N3O/c1-3-7-18-14(17-4-2)19-8-9-20-13-6-5-11(15)10-12(13)16/h3,5-6,10H,1,4,7-9H2,2H3,(H2,17,18,19). The Balaban J connectivity index is 2.43. The Morgan fingerprint density at radius 1 is 1.40 bits per heavy atom. The quantitative estimate of drug-likeness (QED) is 0.348. The number of halogens is 2. The smallest absolute Gasteiger partial charge is 0.191 e. The average Bonchev–Trinajstić information content (AvgIpc) is 2.42. The summed E-state index contributed by atoms with van der Waals surface area (Å²) in [5.41, 5.74) is 0. The van der Waals surface area contributed by atoms with Gasteiger partial charge < -0.3 is 15.4 Å². The molecule has 0 saturated carbocycles. The molecule has 2 N–H and O–H groups in total. The summed E-state index contributed by atoms with van der Waals surface area (Å²) in [6.07, 6.45) is 1.72. The second kappa shape index (κ2) is 8.90. The van der Waals surface area contributed by atoms with Crippen molar-refractivity contribution >= 4 is 5.96 Å². The topological polar surface area (TPSA) is 45.7 Å². The third-order valence-corrected chi connectivity index (χ3v) is 2.27. The predicted molar refractivity (Wildman–Crippen MR) is 76.0 cm³/mol. The van der Waals surface area contributed by atoms with E-state index in [1.165, 1.54) is 6.07 Å². The molecule has 110 valence electrons. The zero-order valence-electron chi connectivity index (χ0n) is 11.5. The third-order valence-electron chi connectivity index (χ3n) is 2.27. The van der Waals surface area contributed by atoms with Gasteiger partial charge in [0.15, 0.2) is 17.5 Å². The van der Waals surface area contributed by atoms with Crippen molar-refractivity contribution in [1.29, 1.82) is 0 Å². The molecule has 0 aliphatic heterocycles. The number of benzene rings is 1. The molecule has 1 aromatic rings. The van der Waals surface area contributed by atoms with Gasteiger partial charge >= 0.3 is 0 Å². The highest BCUT2D eigenvalue weighted by atomic mass is 19.1. The van der Waals surface area contributed by atoms with E-state index in [0.717, 1.165) is 18.7 Å². The van der Waals surface area contributed by atoms with Crippen LogP contribution in [0.5, 0.6) is 5.75 Å². The Hall–Kier alpha value is -2.11. The molecule has 0 atom stereocenters. The maximum absolute atomic E-state index is 13.3. The Morgan fingerprint density at radius 2 is 2.20 bits per heavy atom. The van der Waals surface area contributed by atoms with Crippen LogP contribution in [-0.2, 0) is 0 Å². The molecule has 1 rings (SSSR count). The molecule has 0 aliphatic rings. The van der Waals surface area contributed by atoms with E-state index in [2.05, 4.69) is 22.2 Å². The highest BCUT2D eigenvalue weighted by molar-refractivity contribution is 5.79. The second-order valence-electron chi connectivity index (χ2n) is 3.85. The SMILES string of the molecule is C=CCNC(=NCCOc1ccc(F)cc1F)NCC. The van der Waals surface area contributed by atoms with Gasteiger partial charge in [0.25, 0.3) is 0 Å². The number of nitrogens with one attached hydrogen (secondary N) is 2. The van der Waals surface area contributed by atoms with Gasteiger partial charge in [-0.05, 0) is 19.1 Å². The van der Waals surface area contributed by atoms with Gasteiger partial charge in [-0.1, -0.05) is 6.08 Å². The summed E-state index contributed by atoms with van der Waals surface area (Å²) < 4.78 is 31.2. The number of nitrogens with zero attached hydrogens (tertiary/aromatic N) is 1. The Morgan fingerprint density at radius 3 is 2.85 bits per heavy atom. The third kappa shape index (κ3) is 5.69. The summed E-state index contributed by atoms with van der Waals surface area (Å²) in [5.74, 6) is -0.692. The second-order valence-corrected chi connectivity index (χ2v) is 3.85. The summed E-state index contributed by atoms with van der Waals surface area (Å²) in [4.78, 5) is 4.24. The van der Waals surface area contributed by atoms with Crippen LogP contribution in [0.2, 0.25) is 0 Å². The Kier molecular flexibility index (Phi) is 7.10. The number of ether oxygens (including phenoxy) is 1. The molecule has 0 heterocycles. The normalized spacial score (nSPS) is 11.1. The van der Waals surface area contributed by atoms with Gasteiger partial charge in [0.05, 0.1) is 6.54 Å². The van der Waals surface area contributed by atoms with Crippen LogP contribution in [-0.4, -0.2) is 32.2 Å². The van der Waals surface area contributed by atoms with Gasteiger partial charge in [0.2, 0.25) is 0 Å². The fourth-order valence-corrected chi connectivity index (χ4v) is 1.42. The van der Waals surface area contributed by atoms with Crippen molar-refractivity contribution in [2.45, 2.75) is 6.92 Å². The molecule has 4 nitrogen and oxygen atoms in total. The lowest BCUT2D eigenvalue weighted by molar-refractivity contribution is 0.310. The molecule has 1 aromatic carbocycles. The van der Waals surface area contributed by atoms with E-state index in [1.54, 1.807) is 6.08 Å². The van der Waals surface area contributed by atoms with Crippen LogP contribution in [0.25, 0.3) is 0 Å². The number of hydrogen-bond acceptors (Lipinski definition) is 2. The molecule has 0 saturated heterocycles. The average molecular weight is 283 g/mol. The molecule has 6 heteroatoms. The summed E-state index contributed by atoms with van der Waals surface area (Å²) >= 11 is 0. The van der Waals surface area contributed by atoms with Crippen molar-refractivity contribution in [3.63, 3.8) is 0 Å². The van der Waals surface area contributed by atoms with E-state index in [4.69, 9.17) is 4.74 Å². The summed E-state index contributed by atoms with van der Waals surface area (Å²) in [7, 11) is 0. The molecule has 0 fully saturated rings. The Bertz CT molecular complexity index is 464. The monoisotopic (exact) mass is 283 g/mol. The molecule has 0 bridgehead atoms. The van der Waals surface area contributed by atoms with E-state index in [-0.39, 0.29) is 12.4 Å². The van der Waals surface area contributed by atoms with Crippen LogP contribution in [0.15, 0.2) is 35.8 Å². The van der Waals surface area contributed by atoms with Gasteiger partial charge in [-0.3, -0.25) is 0 Å². The maximum Gasteiger partial charge on any atom is 0.191 e. The van der Waals surface area contributed by atoms with Crippen molar-refractivity contribution in [2.75, 3.05) is 26.2 Å². The highest BCUT2D eigenvalue weighted by Gasteiger charge is 2.04. The predicted octanol–water partition coefficient (Wildman–Crippen LogP) is 2.08. The zero-order chi connectivity index (χ0) is 14.8. The highest BCUT2D eigenvalue weighted by Crippen LogP contribution is 2.17. The van der Waals surface area contributed by atoms with Crippen LogP contribution in [0.3, 0.4) is 0 Å². The molecule has 20 heavy (non-hydrogen) atoms. The van der Waals surface area contributed by atoms with Crippen molar-refractivity contribution in [2.24, 2.45) is 4.99 Å². The molecule has 0 aromatic heterocycles. The lowest BCUT2D eigenvalue weighted by Gasteiger charge is -2.10. The Labute approximate surface area is 117 Å². The van der Waals surface area contributed by atoms with E-state index in [9.17, 15) is 8.78 Å². The minimum atomic E-state index is -0.717. The number of hydrogen-bond donors (Lipinski definition) is 2. The first-order valence-electron chi connectivity index (χ1n) is 6.38. The minimum absolute atomic E-state index is 0.0191. The first-order valence-corrected chi connectivity index (χ1v) is 6.38. The lowest BCUT2D eigenvalue weighted by atomic mass is 10.3.